The maximum atomic E-state index is 11.0. The Hall–Kier alpha value is -1.35. The van der Waals surface area contributed by atoms with Crippen LogP contribution in [-0.2, 0) is 4.74 Å². The molecule has 2 fully saturated rings. The number of nitrogens with one attached hydrogen (secondary N) is 1. The van der Waals surface area contributed by atoms with Crippen molar-refractivity contribution in [2.24, 2.45) is 11.8 Å². The Morgan fingerprint density at radius 2 is 2.00 bits per heavy atom. The van der Waals surface area contributed by atoms with Gasteiger partial charge in [-0.2, -0.15) is 0 Å². The van der Waals surface area contributed by atoms with Crippen LogP contribution in [0.4, 0.5) is 5.69 Å². The van der Waals surface area contributed by atoms with Gasteiger partial charge in [-0.1, -0.05) is 19.3 Å². The number of hydrogen-bond acceptors (Lipinski definition) is 3. The van der Waals surface area contributed by atoms with Crippen LogP contribution in [0, 0.1) is 11.8 Å². The second kappa shape index (κ2) is 5.45. The van der Waals surface area contributed by atoms with Crippen molar-refractivity contribution < 1.29 is 9.53 Å². The molecule has 0 aromatic heterocycles. The smallest absolute Gasteiger partial charge is 0.150 e. The van der Waals surface area contributed by atoms with E-state index in [4.69, 9.17) is 4.74 Å². The van der Waals surface area contributed by atoms with Crippen molar-refractivity contribution >= 4 is 12.0 Å². The van der Waals surface area contributed by atoms with Gasteiger partial charge in [0.25, 0.3) is 0 Å². The second-order valence-corrected chi connectivity index (χ2v) is 6.78. The highest BCUT2D eigenvalue weighted by molar-refractivity contribution is 5.77. The molecule has 3 aliphatic rings. The minimum atomic E-state index is 0.188. The third-order valence-corrected chi connectivity index (χ3v) is 5.60. The molecule has 0 spiro atoms. The molecule has 0 bridgehead atoms. The number of fused-ring (bicyclic) bond motifs is 3. The van der Waals surface area contributed by atoms with Crippen LogP contribution in [0.5, 0.6) is 0 Å². The Labute approximate surface area is 126 Å². The lowest BCUT2D eigenvalue weighted by Crippen LogP contribution is -2.42. The van der Waals surface area contributed by atoms with Crippen molar-refractivity contribution in [3.8, 4) is 0 Å². The van der Waals surface area contributed by atoms with Gasteiger partial charge in [0.1, 0.15) is 6.29 Å². The molecule has 1 aromatic rings. The van der Waals surface area contributed by atoms with Gasteiger partial charge in [-0.05, 0) is 43.4 Å². The van der Waals surface area contributed by atoms with Gasteiger partial charge < -0.3 is 10.1 Å². The fourth-order valence-electron chi connectivity index (χ4n) is 4.56. The highest BCUT2D eigenvalue weighted by atomic mass is 16.5. The van der Waals surface area contributed by atoms with Crippen molar-refractivity contribution in [1.29, 1.82) is 0 Å². The minimum Gasteiger partial charge on any atom is -0.381 e. The summed E-state index contributed by atoms with van der Waals surface area (Å²) in [5, 5.41) is 3.79. The predicted octanol–water partition coefficient (Wildman–Crippen LogP) is 3.95. The van der Waals surface area contributed by atoms with Crippen molar-refractivity contribution in [3.63, 3.8) is 0 Å². The van der Waals surface area contributed by atoms with Gasteiger partial charge in [-0.25, -0.2) is 0 Å². The Balaban J connectivity index is 1.68. The molecule has 1 aliphatic carbocycles. The van der Waals surface area contributed by atoms with Crippen LogP contribution in [0.3, 0.4) is 0 Å². The van der Waals surface area contributed by atoms with E-state index in [2.05, 4.69) is 11.4 Å². The summed E-state index contributed by atoms with van der Waals surface area (Å²) in [6.07, 6.45) is 9.10. The molecule has 0 radical (unpaired) electrons. The zero-order valence-electron chi connectivity index (χ0n) is 12.4. The van der Waals surface area contributed by atoms with E-state index in [1.54, 1.807) is 0 Å². The molecule has 1 saturated heterocycles. The minimum absolute atomic E-state index is 0.188. The summed E-state index contributed by atoms with van der Waals surface area (Å²) in [5.41, 5.74) is 3.12. The molecule has 1 saturated carbocycles. The summed E-state index contributed by atoms with van der Waals surface area (Å²) < 4.78 is 6.05. The summed E-state index contributed by atoms with van der Waals surface area (Å²) >= 11 is 0. The quantitative estimate of drug-likeness (QED) is 0.836. The third-order valence-electron chi connectivity index (χ3n) is 5.60. The zero-order valence-corrected chi connectivity index (χ0v) is 12.4. The molecular formula is C18H23NO2. The van der Waals surface area contributed by atoms with E-state index in [0.717, 1.165) is 30.8 Å². The first-order chi connectivity index (χ1) is 10.4. The van der Waals surface area contributed by atoms with Gasteiger partial charge in [-0.15, -0.1) is 0 Å². The van der Waals surface area contributed by atoms with Crippen LogP contribution in [0.25, 0.3) is 0 Å². The summed E-state index contributed by atoms with van der Waals surface area (Å²) in [6.45, 7) is 0.852. The number of hydrogen-bond donors (Lipinski definition) is 1. The number of ether oxygens (including phenoxy) is 1. The number of benzene rings is 1. The standard InChI is InChI=1S/C18H23NO2/c20-11-12-6-7-16-15(10-12)18-14(8-9-21-18)17(19-16)13-4-2-1-3-5-13/h6-7,10-11,13-14,17-19H,1-5,8-9H2/t14-,17-,18-/m0/s1. The molecule has 4 rings (SSSR count). The van der Waals surface area contributed by atoms with E-state index in [-0.39, 0.29) is 6.10 Å². The largest absolute Gasteiger partial charge is 0.381 e. The SMILES string of the molecule is O=Cc1ccc2c(c1)[C@H]1OCC[C@H]1[C@H](C1CCCCC1)N2. The van der Waals surface area contributed by atoms with Gasteiger partial charge in [0.15, 0.2) is 0 Å². The molecule has 1 N–H and O–H groups in total. The highest BCUT2D eigenvalue weighted by Gasteiger charge is 2.43. The summed E-state index contributed by atoms with van der Waals surface area (Å²) in [5.74, 6) is 1.36. The average Bonchev–Trinajstić information content (AvgIpc) is 3.04. The monoisotopic (exact) mass is 285 g/mol. The molecule has 0 amide bonds. The molecule has 3 nitrogen and oxygen atoms in total. The lowest BCUT2D eigenvalue weighted by Gasteiger charge is -2.42. The van der Waals surface area contributed by atoms with E-state index in [1.165, 1.54) is 43.4 Å². The molecule has 21 heavy (non-hydrogen) atoms. The fraction of sp³-hybridized carbons (Fsp3) is 0.611. The molecule has 2 aliphatic heterocycles. The van der Waals surface area contributed by atoms with E-state index in [1.807, 2.05) is 12.1 Å². The number of carbonyl (C=O) groups excluding carboxylic acids is 1. The number of carbonyl (C=O) groups is 1. The lowest BCUT2D eigenvalue weighted by atomic mass is 9.73. The van der Waals surface area contributed by atoms with Crippen molar-refractivity contribution in [3.05, 3.63) is 29.3 Å². The van der Waals surface area contributed by atoms with Gasteiger partial charge in [0, 0.05) is 35.4 Å². The normalized spacial score (nSPS) is 32.1. The van der Waals surface area contributed by atoms with Crippen LogP contribution in [-0.4, -0.2) is 18.9 Å². The van der Waals surface area contributed by atoms with E-state index >= 15 is 0 Å². The molecule has 3 atom stereocenters. The van der Waals surface area contributed by atoms with Crippen LogP contribution in [0.2, 0.25) is 0 Å². The second-order valence-electron chi connectivity index (χ2n) is 6.78. The molecule has 1 aromatic carbocycles. The van der Waals surface area contributed by atoms with Crippen molar-refractivity contribution in [2.75, 3.05) is 11.9 Å². The number of rotatable bonds is 2. The first kappa shape index (κ1) is 13.3. The Kier molecular flexibility index (Phi) is 3.46. The summed E-state index contributed by atoms with van der Waals surface area (Å²) in [4.78, 5) is 11.0. The van der Waals surface area contributed by atoms with Crippen LogP contribution in [0.15, 0.2) is 18.2 Å². The molecular weight excluding hydrogens is 262 g/mol. The highest BCUT2D eigenvalue weighted by Crippen LogP contribution is 2.48. The van der Waals surface area contributed by atoms with E-state index in [0.29, 0.717) is 12.0 Å². The number of anilines is 1. The molecule has 0 unspecified atom stereocenters. The van der Waals surface area contributed by atoms with E-state index in [9.17, 15) is 4.79 Å². The van der Waals surface area contributed by atoms with Gasteiger partial charge in [-0.3, -0.25) is 4.79 Å². The topological polar surface area (TPSA) is 38.3 Å². The van der Waals surface area contributed by atoms with Gasteiger partial charge in [0.2, 0.25) is 0 Å². The van der Waals surface area contributed by atoms with Crippen LogP contribution < -0.4 is 5.32 Å². The Bertz CT molecular complexity index is 536. The molecule has 112 valence electrons. The Morgan fingerprint density at radius 1 is 1.14 bits per heavy atom. The summed E-state index contributed by atoms with van der Waals surface area (Å²) in [6, 6.07) is 6.53. The maximum Gasteiger partial charge on any atom is 0.150 e. The first-order valence-electron chi connectivity index (χ1n) is 8.34. The third kappa shape index (κ3) is 2.28. The van der Waals surface area contributed by atoms with E-state index < -0.39 is 0 Å². The maximum absolute atomic E-state index is 11.0. The predicted molar refractivity (Wildman–Crippen MR) is 82.6 cm³/mol. The number of aldehydes is 1. The fourth-order valence-corrected chi connectivity index (χ4v) is 4.56. The average molecular weight is 285 g/mol. The van der Waals surface area contributed by atoms with Gasteiger partial charge >= 0.3 is 0 Å². The zero-order chi connectivity index (χ0) is 14.2. The first-order valence-corrected chi connectivity index (χ1v) is 8.34. The summed E-state index contributed by atoms with van der Waals surface area (Å²) in [7, 11) is 0. The molecule has 2 heterocycles. The van der Waals surface area contributed by atoms with Crippen LogP contribution >= 0.6 is 0 Å². The molecule has 3 heteroatoms. The Morgan fingerprint density at radius 3 is 2.81 bits per heavy atom. The van der Waals surface area contributed by atoms with Gasteiger partial charge in [0.05, 0.1) is 6.10 Å². The van der Waals surface area contributed by atoms with Crippen LogP contribution in [0.1, 0.15) is 60.6 Å². The van der Waals surface area contributed by atoms with Crippen molar-refractivity contribution in [1.82, 2.24) is 0 Å². The lowest BCUT2D eigenvalue weighted by molar-refractivity contribution is 0.0731. The van der Waals surface area contributed by atoms with Crippen molar-refractivity contribution in [2.45, 2.75) is 50.7 Å².